The SMILES string of the molecule is O=C(O)C1(c2ccc(F)c(-c3ccccc3F)c2)CC1. The molecule has 2 nitrogen and oxygen atoms in total. The Morgan fingerprint density at radius 2 is 1.65 bits per heavy atom. The fraction of sp³-hybridized carbons (Fsp3) is 0.188. The number of aliphatic carboxylic acids is 1. The zero-order chi connectivity index (χ0) is 14.3. The maximum Gasteiger partial charge on any atom is 0.314 e. The zero-order valence-corrected chi connectivity index (χ0v) is 10.6. The van der Waals surface area contributed by atoms with Crippen LogP contribution in [0.4, 0.5) is 8.78 Å². The summed E-state index contributed by atoms with van der Waals surface area (Å²) >= 11 is 0. The molecular formula is C16H12F2O2. The molecule has 1 N–H and O–H groups in total. The van der Waals surface area contributed by atoms with Gasteiger partial charge in [0.1, 0.15) is 11.6 Å². The van der Waals surface area contributed by atoms with Crippen molar-refractivity contribution < 1.29 is 18.7 Å². The van der Waals surface area contributed by atoms with Gasteiger partial charge in [-0.15, -0.1) is 0 Å². The summed E-state index contributed by atoms with van der Waals surface area (Å²) in [7, 11) is 0. The Hall–Kier alpha value is -2.23. The molecule has 2 aromatic carbocycles. The van der Waals surface area contributed by atoms with Crippen LogP contribution in [-0.2, 0) is 10.2 Å². The van der Waals surface area contributed by atoms with E-state index in [0.29, 0.717) is 18.4 Å². The molecule has 0 atom stereocenters. The Bertz CT molecular complexity index is 691. The van der Waals surface area contributed by atoms with Gasteiger partial charge in [0, 0.05) is 11.1 Å². The van der Waals surface area contributed by atoms with Gasteiger partial charge in [-0.3, -0.25) is 4.79 Å². The molecule has 20 heavy (non-hydrogen) atoms. The lowest BCUT2D eigenvalue weighted by Crippen LogP contribution is -2.19. The molecular weight excluding hydrogens is 262 g/mol. The fourth-order valence-corrected chi connectivity index (χ4v) is 2.46. The summed E-state index contributed by atoms with van der Waals surface area (Å²) in [5.41, 5.74) is -0.140. The van der Waals surface area contributed by atoms with Gasteiger partial charge in [-0.2, -0.15) is 0 Å². The van der Waals surface area contributed by atoms with Crippen molar-refractivity contribution in [2.45, 2.75) is 18.3 Å². The Labute approximate surface area is 114 Å². The maximum absolute atomic E-state index is 13.9. The van der Waals surface area contributed by atoms with Gasteiger partial charge in [-0.1, -0.05) is 24.3 Å². The van der Waals surface area contributed by atoms with Crippen LogP contribution in [0.3, 0.4) is 0 Å². The average Bonchev–Trinajstić information content (AvgIpc) is 3.22. The molecule has 2 aromatic rings. The Morgan fingerprint density at radius 1 is 1.00 bits per heavy atom. The Kier molecular flexibility index (Phi) is 2.82. The van der Waals surface area contributed by atoms with E-state index in [1.807, 2.05) is 0 Å². The van der Waals surface area contributed by atoms with Gasteiger partial charge in [0.2, 0.25) is 0 Å². The Balaban J connectivity index is 2.14. The van der Waals surface area contributed by atoms with Crippen LogP contribution in [0.5, 0.6) is 0 Å². The lowest BCUT2D eigenvalue weighted by Gasteiger charge is -2.13. The molecule has 0 amide bonds. The fourth-order valence-electron chi connectivity index (χ4n) is 2.46. The van der Waals surface area contributed by atoms with E-state index in [2.05, 4.69) is 0 Å². The van der Waals surface area contributed by atoms with E-state index in [1.165, 1.54) is 36.4 Å². The van der Waals surface area contributed by atoms with Gasteiger partial charge in [0.05, 0.1) is 5.41 Å². The quantitative estimate of drug-likeness (QED) is 0.925. The molecule has 0 saturated heterocycles. The van der Waals surface area contributed by atoms with E-state index in [0.717, 1.165) is 0 Å². The Morgan fingerprint density at radius 3 is 2.25 bits per heavy atom. The first-order chi connectivity index (χ1) is 9.54. The second-order valence-corrected chi connectivity index (χ2v) is 5.06. The predicted octanol–water partition coefficient (Wildman–Crippen LogP) is 3.75. The summed E-state index contributed by atoms with van der Waals surface area (Å²) in [5.74, 6) is -1.99. The van der Waals surface area contributed by atoms with Crippen LogP contribution in [-0.4, -0.2) is 11.1 Å². The van der Waals surface area contributed by atoms with E-state index in [9.17, 15) is 18.7 Å². The van der Waals surface area contributed by atoms with Crippen LogP contribution in [0.25, 0.3) is 11.1 Å². The molecule has 0 spiro atoms. The number of carbonyl (C=O) groups is 1. The van der Waals surface area contributed by atoms with Gasteiger partial charge in [0.15, 0.2) is 0 Å². The van der Waals surface area contributed by atoms with Crippen LogP contribution in [0.15, 0.2) is 42.5 Å². The summed E-state index contributed by atoms with van der Waals surface area (Å²) < 4.78 is 27.7. The number of hydrogen-bond donors (Lipinski definition) is 1. The number of hydrogen-bond acceptors (Lipinski definition) is 1. The van der Waals surface area contributed by atoms with Crippen molar-refractivity contribution in [3.63, 3.8) is 0 Å². The molecule has 1 fully saturated rings. The van der Waals surface area contributed by atoms with Gasteiger partial charge in [-0.25, -0.2) is 8.78 Å². The van der Waals surface area contributed by atoms with E-state index in [-0.39, 0.29) is 11.1 Å². The lowest BCUT2D eigenvalue weighted by molar-refractivity contribution is -0.140. The minimum absolute atomic E-state index is 0.105. The van der Waals surface area contributed by atoms with Crippen molar-refractivity contribution >= 4 is 5.97 Å². The van der Waals surface area contributed by atoms with Gasteiger partial charge in [-0.05, 0) is 36.6 Å². The first-order valence-corrected chi connectivity index (χ1v) is 6.33. The molecule has 1 aliphatic carbocycles. The molecule has 1 saturated carbocycles. The van der Waals surface area contributed by atoms with Gasteiger partial charge >= 0.3 is 5.97 Å². The third-order valence-electron chi connectivity index (χ3n) is 3.84. The first-order valence-electron chi connectivity index (χ1n) is 6.33. The molecule has 0 unspecified atom stereocenters. The monoisotopic (exact) mass is 274 g/mol. The molecule has 0 aromatic heterocycles. The smallest absolute Gasteiger partial charge is 0.314 e. The normalized spacial score (nSPS) is 15.9. The lowest BCUT2D eigenvalue weighted by atomic mass is 9.92. The summed E-state index contributed by atoms with van der Waals surface area (Å²) in [5, 5.41) is 9.27. The summed E-state index contributed by atoms with van der Waals surface area (Å²) in [6.45, 7) is 0. The highest BCUT2D eigenvalue weighted by Gasteiger charge is 2.51. The average molecular weight is 274 g/mol. The summed E-state index contributed by atoms with van der Waals surface area (Å²) in [6, 6.07) is 10.0. The van der Waals surface area contributed by atoms with Crippen LogP contribution < -0.4 is 0 Å². The van der Waals surface area contributed by atoms with Crippen molar-refractivity contribution in [2.75, 3.05) is 0 Å². The molecule has 102 valence electrons. The molecule has 3 rings (SSSR count). The highest BCUT2D eigenvalue weighted by molar-refractivity contribution is 5.85. The number of halogens is 2. The number of rotatable bonds is 3. The molecule has 4 heteroatoms. The van der Waals surface area contributed by atoms with Crippen molar-refractivity contribution in [3.8, 4) is 11.1 Å². The van der Waals surface area contributed by atoms with Crippen molar-refractivity contribution in [1.82, 2.24) is 0 Å². The van der Waals surface area contributed by atoms with Crippen molar-refractivity contribution in [3.05, 3.63) is 59.7 Å². The summed E-state index contributed by atoms with van der Waals surface area (Å²) in [4.78, 5) is 11.3. The molecule has 0 aliphatic heterocycles. The number of carboxylic acids is 1. The number of carboxylic acid groups (broad SMARTS) is 1. The largest absolute Gasteiger partial charge is 0.481 e. The van der Waals surface area contributed by atoms with Crippen LogP contribution in [0.1, 0.15) is 18.4 Å². The van der Waals surface area contributed by atoms with Crippen LogP contribution in [0.2, 0.25) is 0 Å². The first kappa shape index (κ1) is 12.8. The minimum atomic E-state index is -0.923. The molecule has 1 aliphatic rings. The standard InChI is InChI=1S/C16H12F2O2/c17-13-4-2-1-3-11(13)12-9-10(5-6-14(12)18)16(7-8-16)15(19)20/h1-6,9H,7-8H2,(H,19,20). The second-order valence-electron chi connectivity index (χ2n) is 5.06. The molecule has 0 heterocycles. The molecule has 0 radical (unpaired) electrons. The predicted molar refractivity (Wildman–Crippen MR) is 70.3 cm³/mol. The third-order valence-corrected chi connectivity index (χ3v) is 3.84. The van der Waals surface area contributed by atoms with Gasteiger partial charge < -0.3 is 5.11 Å². The minimum Gasteiger partial charge on any atom is -0.481 e. The maximum atomic E-state index is 13.9. The number of benzene rings is 2. The van der Waals surface area contributed by atoms with E-state index in [1.54, 1.807) is 6.07 Å². The van der Waals surface area contributed by atoms with Crippen molar-refractivity contribution in [2.24, 2.45) is 0 Å². The van der Waals surface area contributed by atoms with Gasteiger partial charge in [0.25, 0.3) is 0 Å². The van der Waals surface area contributed by atoms with Crippen molar-refractivity contribution in [1.29, 1.82) is 0 Å². The van der Waals surface area contributed by atoms with E-state index in [4.69, 9.17) is 0 Å². The van der Waals surface area contributed by atoms with Crippen LogP contribution in [0, 0.1) is 11.6 Å². The second kappa shape index (κ2) is 4.40. The third kappa shape index (κ3) is 1.88. The zero-order valence-electron chi connectivity index (χ0n) is 10.6. The summed E-state index contributed by atoms with van der Waals surface area (Å²) in [6.07, 6.45) is 1.06. The highest BCUT2D eigenvalue weighted by Crippen LogP contribution is 2.49. The van der Waals surface area contributed by atoms with E-state index < -0.39 is 23.0 Å². The topological polar surface area (TPSA) is 37.3 Å². The molecule has 0 bridgehead atoms. The van der Waals surface area contributed by atoms with Crippen LogP contribution >= 0.6 is 0 Å². The van der Waals surface area contributed by atoms with E-state index >= 15 is 0 Å². The highest BCUT2D eigenvalue weighted by atomic mass is 19.1.